The molecule has 6 heteroatoms. The molecule has 0 aliphatic carbocycles. The zero-order valence-electron chi connectivity index (χ0n) is 16.3. The van der Waals surface area contributed by atoms with Crippen LogP contribution in [0, 0.1) is 19.3 Å². The second-order valence-electron chi connectivity index (χ2n) is 6.90. The predicted molar refractivity (Wildman–Crippen MR) is 111 cm³/mol. The highest BCUT2D eigenvalue weighted by Gasteiger charge is 2.31. The summed E-state index contributed by atoms with van der Waals surface area (Å²) in [6.45, 7) is 2.19. The summed E-state index contributed by atoms with van der Waals surface area (Å²) in [6, 6.07) is 13.7. The highest BCUT2D eigenvalue weighted by Crippen LogP contribution is 2.40. The number of terminal acetylenes is 1. The van der Waals surface area contributed by atoms with Crippen LogP contribution in [0.2, 0.25) is 0 Å². The van der Waals surface area contributed by atoms with Crippen molar-refractivity contribution in [2.24, 2.45) is 0 Å². The number of rotatable bonds is 5. The Balaban J connectivity index is 1.73. The third-order valence-corrected chi connectivity index (χ3v) is 5.00. The van der Waals surface area contributed by atoms with Gasteiger partial charge >= 0.3 is 0 Å². The van der Waals surface area contributed by atoms with Crippen molar-refractivity contribution in [1.82, 2.24) is 9.78 Å². The minimum absolute atomic E-state index is 0.0528. The van der Waals surface area contributed by atoms with Crippen molar-refractivity contribution < 1.29 is 14.3 Å². The maximum atomic E-state index is 12.5. The molecular weight excluding hydrogens is 366 g/mol. The molecule has 1 aliphatic rings. The van der Waals surface area contributed by atoms with Crippen LogP contribution >= 0.6 is 0 Å². The number of nitrogens with zero attached hydrogens (tertiary/aromatic N) is 2. The molecule has 1 aliphatic heterocycles. The first-order valence-electron chi connectivity index (χ1n) is 9.29. The van der Waals surface area contributed by atoms with Gasteiger partial charge in [-0.2, -0.15) is 5.10 Å². The molecule has 4 rings (SSSR count). The number of hydrogen-bond donors (Lipinski definition) is 1. The number of aromatic nitrogens is 2. The normalized spacial score (nSPS) is 15.2. The zero-order chi connectivity index (χ0) is 20.4. The van der Waals surface area contributed by atoms with Gasteiger partial charge in [0.05, 0.1) is 19.0 Å². The van der Waals surface area contributed by atoms with Crippen LogP contribution in [0.3, 0.4) is 0 Å². The van der Waals surface area contributed by atoms with Gasteiger partial charge < -0.3 is 14.8 Å². The molecule has 1 unspecified atom stereocenters. The first-order valence-corrected chi connectivity index (χ1v) is 9.29. The van der Waals surface area contributed by atoms with E-state index in [-0.39, 0.29) is 18.4 Å². The van der Waals surface area contributed by atoms with Crippen LogP contribution in [0.1, 0.15) is 29.0 Å². The van der Waals surface area contributed by atoms with Crippen LogP contribution in [-0.2, 0) is 4.79 Å². The number of hydrogen-bond acceptors (Lipinski definition) is 4. The largest absolute Gasteiger partial charge is 0.493 e. The van der Waals surface area contributed by atoms with Gasteiger partial charge in [-0.25, -0.2) is 4.68 Å². The first kappa shape index (κ1) is 18.6. The van der Waals surface area contributed by atoms with E-state index < -0.39 is 0 Å². The van der Waals surface area contributed by atoms with E-state index in [4.69, 9.17) is 15.9 Å². The van der Waals surface area contributed by atoms with Gasteiger partial charge in [-0.1, -0.05) is 29.7 Å². The van der Waals surface area contributed by atoms with Crippen LogP contribution in [-0.4, -0.2) is 29.4 Å². The molecule has 1 aromatic heterocycles. The van der Waals surface area contributed by atoms with Crippen LogP contribution in [0.5, 0.6) is 11.5 Å². The lowest BCUT2D eigenvalue weighted by molar-refractivity contribution is -0.116. The molecule has 1 N–H and O–H groups in total. The third-order valence-electron chi connectivity index (χ3n) is 5.00. The fourth-order valence-corrected chi connectivity index (χ4v) is 3.54. The summed E-state index contributed by atoms with van der Waals surface area (Å²) < 4.78 is 12.7. The minimum Gasteiger partial charge on any atom is -0.493 e. The Bertz CT molecular complexity index is 1090. The van der Waals surface area contributed by atoms with E-state index in [1.54, 1.807) is 11.8 Å². The second-order valence-corrected chi connectivity index (χ2v) is 6.90. The number of aryl methyl sites for hydroxylation is 1. The molecule has 2 aromatic carbocycles. The highest BCUT2D eigenvalue weighted by molar-refractivity contribution is 5.94. The van der Waals surface area contributed by atoms with E-state index in [0.29, 0.717) is 23.7 Å². The van der Waals surface area contributed by atoms with Crippen molar-refractivity contribution in [2.75, 3.05) is 19.0 Å². The zero-order valence-corrected chi connectivity index (χ0v) is 16.3. The Morgan fingerprint density at radius 3 is 2.76 bits per heavy atom. The van der Waals surface area contributed by atoms with Crippen LogP contribution < -0.4 is 14.8 Å². The molecule has 2 heterocycles. The minimum atomic E-state index is -0.131. The van der Waals surface area contributed by atoms with Crippen LogP contribution in [0.4, 0.5) is 5.82 Å². The summed E-state index contributed by atoms with van der Waals surface area (Å²) in [5, 5.41) is 7.51. The molecule has 29 heavy (non-hydrogen) atoms. The van der Waals surface area contributed by atoms with E-state index in [0.717, 1.165) is 22.4 Å². The highest BCUT2D eigenvalue weighted by atomic mass is 16.5. The molecule has 0 fully saturated rings. The third kappa shape index (κ3) is 3.55. The summed E-state index contributed by atoms with van der Waals surface area (Å²) in [5.74, 6) is 4.11. The lowest BCUT2D eigenvalue weighted by atomic mass is 9.87. The van der Waals surface area contributed by atoms with E-state index in [1.807, 2.05) is 55.6 Å². The van der Waals surface area contributed by atoms with Gasteiger partial charge in [-0.15, -0.1) is 6.42 Å². The summed E-state index contributed by atoms with van der Waals surface area (Å²) in [5.41, 5.74) is 3.98. The average molecular weight is 387 g/mol. The number of amides is 1. The monoisotopic (exact) mass is 387 g/mol. The average Bonchev–Trinajstić information content (AvgIpc) is 3.15. The number of carbonyl (C=O) groups is 1. The fraction of sp³-hybridized carbons (Fsp3) is 0.217. The Kier molecular flexibility index (Phi) is 4.96. The van der Waals surface area contributed by atoms with E-state index in [9.17, 15) is 4.79 Å². The summed E-state index contributed by atoms with van der Waals surface area (Å²) in [4.78, 5) is 12.5. The number of carbonyl (C=O) groups excluding carboxylic acids is 1. The molecule has 0 saturated heterocycles. The number of fused-ring (bicyclic) bond motifs is 1. The van der Waals surface area contributed by atoms with Crippen LogP contribution in [0.15, 0.2) is 48.7 Å². The van der Waals surface area contributed by atoms with Crippen molar-refractivity contribution >= 4 is 11.7 Å². The molecule has 6 nitrogen and oxygen atoms in total. The number of benzene rings is 2. The molecular formula is C23H21N3O3. The lowest BCUT2D eigenvalue weighted by Crippen LogP contribution is -2.24. The smallest absolute Gasteiger partial charge is 0.226 e. The number of ether oxygens (including phenoxy) is 2. The van der Waals surface area contributed by atoms with Crippen molar-refractivity contribution in [3.05, 3.63) is 65.4 Å². The molecule has 0 bridgehead atoms. The van der Waals surface area contributed by atoms with Crippen LogP contribution in [0.25, 0.3) is 5.69 Å². The molecule has 0 spiro atoms. The first-order chi connectivity index (χ1) is 14.1. The van der Waals surface area contributed by atoms with E-state index in [2.05, 4.69) is 16.3 Å². The van der Waals surface area contributed by atoms with Crippen molar-refractivity contribution in [3.8, 4) is 29.5 Å². The molecule has 0 radical (unpaired) electrons. The summed E-state index contributed by atoms with van der Waals surface area (Å²) in [6.07, 6.45) is 7.42. The van der Waals surface area contributed by atoms with Crippen molar-refractivity contribution in [3.63, 3.8) is 0 Å². The van der Waals surface area contributed by atoms with Gasteiger partial charge in [-0.05, 0) is 36.8 Å². The molecule has 0 saturated carbocycles. The molecule has 146 valence electrons. The van der Waals surface area contributed by atoms with Gasteiger partial charge in [0.25, 0.3) is 0 Å². The maximum Gasteiger partial charge on any atom is 0.226 e. The number of nitrogens with one attached hydrogen (secondary N) is 1. The van der Waals surface area contributed by atoms with E-state index >= 15 is 0 Å². The predicted octanol–water partition coefficient (Wildman–Crippen LogP) is 3.68. The van der Waals surface area contributed by atoms with E-state index in [1.165, 1.54) is 0 Å². The summed E-state index contributed by atoms with van der Waals surface area (Å²) in [7, 11) is 1.58. The number of methoxy groups -OCH3 is 1. The SMILES string of the molecule is C#CCOc1ccc(C2CC(=O)Nc3c2cnn3-c2ccc(C)cc2)cc1OC. The molecule has 1 atom stereocenters. The topological polar surface area (TPSA) is 65.4 Å². The van der Waals surface area contributed by atoms with Gasteiger partial charge in [-0.3, -0.25) is 4.79 Å². The van der Waals surface area contributed by atoms with Crippen molar-refractivity contribution in [2.45, 2.75) is 19.3 Å². The summed E-state index contributed by atoms with van der Waals surface area (Å²) >= 11 is 0. The van der Waals surface area contributed by atoms with Crippen molar-refractivity contribution in [1.29, 1.82) is 0 Å². The Labute approximate surface area is 169 Å². The Morgan fingerprint density at radius 2 is 2.03 bits per heavy atom. The quantitative estimate of drug-likeness (QED) is 0.679. The lowest BCUT2D eigenvalue weighted by Gasteiger charge is -2.24. The van der Waals surface area contributed by atoms with Gasteiger partial charge in [0.15, 0.2) is 11.5 Å². The second kappa shape index (κ2) is 7.72. The molecule has 3 aromatic rings. The number of anilines is 1. The van der Waals surface area contributed by atoms with Gasteiger partial charge in [0, 0.05) is 17.9 Å². The van der Waals surface area contributed by atoms with Gasteiger partial charge in [0.1, 0.15) is 12.4 Å². The van der Waals surface area contributed by atoms with Gasteiger partial charge in [0.2, 0.25) is 5.91 Å². The maximum absolute atomic E-state index is 12.5. The molecule has 1 amide bonds. The Hall–Kier alpha value is -3.72. The fourth-order valence-electron chi connectivity index (χ4n) is 3.54. The standard InChI is InChI=1S/C23H21N3O3/c1-4-11-29-20-10-7-16(12-21(20)28-3)18-13-22(27)25-23-19(18)14-24-26(23)17-8-5-15(2)6-9-17/h1,5-10,12,14,18H,11,13H2,2-3H3,(H,25,27). The Morgan fingerprint density at radius 1 is 1.24 bits per heavy atom.